The molecule has 0 spiro atoms. The van der Waals surface area contributed by atoms with Gasteiger partial charge in [-0.15, -0.1) is 0 Å². The van der Waals surface area contributed by atoms with Gasteiger partial charge in [-0.05, 0) is 34.1 Å². The van der Waals surface area contributed by atoms with Crippen molar-refractivity contribution < 1.29 is 14.3 Å². The fraction of sp³-hybridized carbons (Fsp3) is 0.909. The van der Waals surface area contributed by atoms with Gasteiger partial charge in [0.25, 0.3) is 5.91 Å². The zero-order valence-corrected chi connectivity index (χ0v) is 10.2. The standard InChI is InChI=1S/C11H21NO3/c1-8-11(4,6-7-15-8)12-9(13)10(2,3)14-5/h8H,6-7H2,1-5H3,(H,12,13). The molecule has 0 bridgehead atoms. The Labute approximate surface area is 91.3 Å². The van der Waals surface area contributed by atoms with Gasteiger partial charge in [0.05, 0.1) is 11.6 Å². The fourth-order valence-electron chi connectivity index (χ4n) is 1.50. The summed E-state index contributed by atoms with van der Waals surface area (Å²) < 4.78 is 10.6. The average Bonchev–Trinajstić information content (AvgIpc) is 2.47. The lowest BCUT2D eigenvalue weighted by atomic mass is 9.93. The van der Waals surface area contributed by atoms with Crippen molar-refractivity contribution in [3.05, 3.63) is 0 Å². The SMILES string of the molecule is COC(C)(C)C(=O)NC1(C)CCOC1C. The minimum atomic E-state index is -0.786. The quantitative estimate of drug-likeness (QED) is 0.766. The Morgan fingerprint density at radius 1 is 1.60 bits per heavy atom. The van der Waals surface area contributed by atoms with Crippen LogP contribution in [0.1, 0.15) is 34.1 Å². The van der Waals surface area contributed by atoms with Crippen molar-refractivity contribution >= 4 is 5.91 Å². The molecule has 4 heteroatoms. The van der Waals surface area contributed by atoms with Crippen molar-refractivity contribution in [2.45, 2.75) is 51.4 Å². The molecule has 88 valence electrons. The number of rotatable bonds is 3. The number of hydrogen-bond donors (Lipinski definition) is 1. The molecule has 1 saturated heterocycles. The topological polar surface area (TPSA) is 47.6 Å². The van der Waals surface area contributed by atoms with Crippen LogP contribution in [0.15, 0.2) is 0 Å². The van der Waals surface area contributed by atoms with Crippen LogP contribution in [0.5, 0.6) is 0 Å². The minimum absolute atomic E-state index is 0.0501. The predicted octanol–water partition coefficient (Wildman–Crippen LogP) is 1.10. The molecule has 0 aromatic rings. The summed E-state index contributed by atoms with van der Waals surface area (Å²) in [6.45, 7) is 8.20. The number of carbonyl (C=O) groups is 1. The van der Waals surface area contributed by atoms with Crippen LogP contribution in [0, 0.1) is 0 Å². The van der Waals surface area contributed by atoms with Crippen molar-refractivity contribution in [2.24, 2.45) is 0 Å². The van der Waals surface area contributed by atoms with Gasteiger partial charge in [0, 0.05) is 13.7 Å². The number of methoxy groups -OCH3 is 1. The van der Waals surface area contributed by atoms with E-state index in [1.165, 1.54) is 7.11 Å². The molecule has 15 heavy (non-hydrogen) atoms. The second-order valence-electron chi connectivity index (χ2n) is 4.85. The molecule has 1 amide bonds. The number of nitrogens with one attached hydrogen (secondary N) is 1. The molecule has 0 radical (unpaired) electrons. The first-order chi connectivity index (χ1) is 6.82. The Hall–Kier alpha value is -0.610. The molecule has 1 fully saturated rings. The fourth-order valence-corrected chi connectivity index (χ4v) is 1.50. The second kappa shape index (κ2) is 4.10. The third-order valence-electron chi connectivity index (χ3n) is 3.34. The highest BCUT2D eigenvalue weighted by Gasteiger charge is 2.41. The number of carbonyl (C=O) groups excluding carboxylic acids is 1. The van der Waals surface area contributed by atoms with Crippen LogP contribution in [-0.4, -0.2) is 36.9 Å². The molecule has 2 atom stereocenters. The Morgan fingerprint density at radius 3 is 2.60 bits per heavy atom. The van der Waals surface area contributed by atoms with Crippen LogP contribution in [0.2, 0.25) is 0 Å². The van der Waals surface area contributed by atoms with Crippen LogP contribution < -0.4 is 5.32 Å². The van der Waals surface area contributed by atoms with Crippen molar-refractivity contribution in [2.75, 3.05) is 13.7 Å². The summed E-state index contributed by atoms with van der Waals surface area (Å²) in [4.78, 5) is 11.9. The molecule has 1 aliphatic heterocycles. The van der Waals surface area contributed by atoms with E-state index in [0.29, 0.717) is 6.61 Å². The average molecular weight is 215 g/mol. The maximum Gasteiger partial charge on any atom is 0.252 e. The first-order valence-electron chi connectivity index (χ1n) is 5.31. The Kier molecular flexibility index (Phi) is 3.41. The summed E-state index contributed by atoms with van der Waals surface area (Å²) in [7, 11) is 1.54. The molecular formula is C11H21NO3. The number of ether oxygens (including phenoxy) is 2. The van der Waals surface area contributed by atoms with Crippen LogP contribution >= 0.6 is 0 Å². The van der Waals surface area contributed by atoms with Crippen molar-refractivity contribution in [3.8, 4) is 0 Å². The van der Waals surface area contributed by atoms with Crippen LogP contribution in [0.3, 0.4) is 0 Å². The van der Waals surface area contributed by atoms with Crippen molar-refractivity contribution in [3.63, 3.8) is 0 Å². The summed E-state index contributed by atoms with van der Waals surface area (Å²) in [6, 6.07) is 0. The third-order valence-corrected chi connectivity index (χ3v) is 3.34. The Morgan fingerprint density at radius 2 is 2.20 bits per heavy atom. The van der Waals surface area contributed by atoms with E-state index >= 15 is 0 Å². The lowest BCUT2D eigenvalue weighted by Crippen LogP contribution is -2.56. The van der Waals surface area contributed by atoms with Gasteiger partial charge < -0.3 is 14.8 Å². The largest absolute Gasteiger partial charge is 0.376 e. The number of amides is 1. The van der Waals surface area contributed by atoms with Crippen molar-refractivity contribution in [1.29, 1.82) is 0 Å². The minimum Gasteiger partial charge on any atom is -0.376 e. The van der Waals surface area contributed by atoms with Gasteiger partial charge in [0.15, 0.2) is 0 Å². The van der Waals surface area contributed by atoms with E-state index in [-0.39, 0.29) is 17.6 Å². The smallest absolute Gasteiger partial charge is 0.252 e. The first kappa shape index (κ1) is 12.5. The maximum atomic E-state index is 11.9. The summed E-state index contributed by atoms with van der Waals surface area (Å²) in [5, 5.41) is 3.01. The Bertz CT molecular complexity index is 252. The normalized spacial score (nSPS) is 31.7. The van der Waals surface area contributed by atoms with Gasteiger partial charge in [-0.3, -0.25) is 4.79 Å². The molecule has 1 rings (SSSR count). The van der Waals surface area contributed by atoms with Gasteiger partial charge in [0.2, 0.25) is 0 Å². The van der Waals surface area contributed by atoms with E-state index in [1.807, 2.05) is 13.8 Å². The van der Waals surface area contributed by atoms with Crippen LogP contribution in [0.4, 0.5) is 0 Å². The molecule has 0 aromatic heterocycles. The van der Waals surface area contributed by atoms with Gasteiger partial charge in [-0.2, -0.15) is 0 Å². The summed E-state index contributed by atoms with van der Waals surface area (Å²) in [5.41, 5.74) is -1.06. The van der Waals surface area contributed by atoms with Crippen LogP contribution in [0.25, 0.3) is 0 Å². The number of hydrogen-bond acceptors (Lipinski definition) is 3. The van der Waals surface area contributed by atoms with Crippen LogP contribution in [-0.2, 0) is 14.3 Å². The molecule has 0 aromatic carbocycles. The molecule has 1 N–H and O–H groups in total. The second-order valence-corrected chi connectivity index (χ2v) is 4.85. The van der Waals surface area contributed by atoms with Crippen molar-refractivity contribution in [1.82, 2.24) is 5.32 Å². The van der Waals surface area contributed by atoms with E-state index in [0.717, 1.165) is 6.42 Å². The highest BCUT2D eigenvalue weighted by Crippen LogP contribution is 2.26. The predicted molar refractivity (Wildman–Crippen MR) is 57.7 cm³/mol. The summed E-state index contributed by atoms with van der Waals surface area (Å²) >= 11 is 0. The first-order valence-corrected chi connectivity index (χ1v) is 5.31. The lowest BCUT2D eigenvalue weighted by Gasteiger charge is -2.33. The highest BCUT2D eigenvalue weighted by molar-refractivity contribution is 5.85. The Balaban J connectivity index is 2.65. The van der Waals surface area contributed by atoms with Gasteiger partial charge in [-0.25, -0.2) is 0 Å². The summed E-state index contributed by atoms with van der Waals surface area (Å²) in [5.74, 6) is -0.0927. The third kappa shape index (κ3) is 2.49. The molecular weight excluding hydrogens is 194 g/mol. The van der Waals surface area contributed by atoms with E-state index in [9.17, 15) is 4.79 Å². The molecule has 0 aliphatic carbocycles. The maximum absolute atomic E-state index is 11.9. The highest BCUT2D eigenvalue weighted by atomic mass is 16.5. The zero-order valence-electron chi connectivity index (χ0n) is 10.2. The summed E-state index contributed by atoms with van der Waals surface area (Å²) in [6.07, 6.45) is 0.897. The van der Waals surface area contributed by atoms with E-state index in [2.05, 4.69) is 5.32 Å². The molecule has 1 heterocycles. The molecule has 1 aliphatic rings. The van der Waals surface area contributed by atoms with Gasteiger partial charge in [0.1, 0.15) is 5.60 Å². The van der Waals surface area contributed by atoms with E-state index in [4.69, 9.17) is 9.47 Å². The van der Waals surface area contributed by atoms with Gasteiger partial charge >= 0.3 is 0 Å². The van der Waals surface area contributed by atoms with E-state index < -0.39 is 5.60 Å². The van der Waals surface area contributed by atoms with Gasteiger partial charge in [-0.1, -0.05) is 0 Å². The van der Waals surface area contributed by atoms with E-state index in [1.54, 1.807) is 13.8 Å². The molecule has 4 nitrogen and oxygen atoms in total. The monoisotopic (exact) mass is 215 g/mol. The lowest BCUT2D eigenvalue weighted by molar-refractivity contribution is -0.142. The molecule has 2 unspecified atom stereocenters. The zero-order chi connectivity index (χ0) is 11.7. The molecule has 0 saturated carbocycles.